The van der Waals surface area contributed by atoms with Gasteiger partial charge < -0.3 is 14.6 Å². The first kappa shape index (κ1) is 21.3. The van der Waals surface area contributed by atoms with Crippen molar-refractivity contribution in [3.05, 3.63) is 89.3 Å². The first-order valence-corrected chi connectivity index (χ1v) is 10.4. The Labute approximate surface area is 193 Å². The number of aryl methyl sites for hydroxylation is 2. The second-order valence-electron chi connectivity index (χ2n) is 7.66. The van der Waals surface area contributed by atoms with Gasteiger partial charge in [0, 0.05) is 0 Å². The third kappa shape index (κ3) is 4.08. The molecular weight excluding hydrogens is 439 g/mol. The van der Waals surface area contributed by atoms with E-state index in [1.165, 1.54) is 29.2 Å². The van der Waals surface area contributed by atoms with E-state index in [4.69, 9.17) is 9.26 Å². The Balaban J connectivity index is 1.49. The minimum absolute atomic E-state index is 0.0113. The molecule has 0 atom stereocenters. The molecule has 0 bridgehead atoms. The average molecular weight is 458 g/mol. The summed E-state index contributed by atoms with van der Waals surface area (Å²) >= 11 is 0. The highest BCUT2D eigenvalue weighted by Crippen LogP contribution is 2.29. The van der Waals surface area contributed by atoms with Crippen LogP contribution in [0, 0.1) is 19.7 Å². The van der Waals surface area contributed by atoms with Crippen LogP contribution in [0.4, 0.5) is 10.1 Å². The molecule has 0 aliphatic rings. The van der Waals surface area contributed by atoms with Crippen LogP contribution in [-0.4, -0.2) is 31.3 Å². The molecule has 5 rings (SSSR count). The summed E-state index contributed by atoms with van der Waals surface area (Å²) in [5.74, 6) is -0.115. The van der Waals surface area contributed by atoms with Crippen LogP contribution in [0.3, 0.4) is 0 Å². The van der Waals surface area contributed by atoms with Gasteiger partial charge in [-0.3, -0.25) is 4.79 Å². The van der Waals surface area contributed by atoms with Gasteiger partial charge in [-0.25, -0.2) is 9.07 Å². The second-order valence-corrected chi connectivity index (χ2v) is 7.66. The number of hydrogen-bond acceptors (Lipinski definition) is 7. The Kier molecular flexibility index (Phi) is 5.46. The largest absolute Gasteiger partial charge is 0.488 e. The summed E-state index contributed by atoms with van der Waals surface area (Å²) in [5, 5.41) is 19.3. The summed E-state index contributed by atoms with van der Waals surface area (Å²) < 4.78 is 27.1. The SMILES string of the molecule is Cc1noc(C)c1COc1cc2ccccc2cc1C(=O)Nc1cc(-n2cnnn2)ccc1F. The zero-order valence-corrected chi connectivity index (χ0v) is 18.3. The quantitative estimate of drug-likeness (QED) is 0.402. The summed E-state index contributed by atoms with van der Waals surface area (Å²) in [6, 6.07) is 15.3. The predicted molar refractivity (Wildman–Crippen MR) is 121 cm³/mol. The molecule has 10 heteroatoms. The Morgan fingerprint density at radius 3 is 2.62 bits per heavy atom. The summed E-state index contributed by atoms with van der Waals surface area (Å²) in [4.78, 5) is 13.3. The second kappa shape index (κ2) is 8.74. The number of benzene rings is 3. The van der Waals surface area contributed by atoms with Crippen molar-refractivity contribution in [2.24, 2.45) is 0 Å². The molecule has 2 aromatic heterocycles. The van der Waals surface area contributed by atoms with E-state index in [2.05, 4.69) is 26.0 Å². The fourth-order valence-electron chi connectivity index (χ4n) is 3.59. The Morgan fingerprint density at radius 2 is 1.91 bits per heavy atom. The normalized spacial score (nSPS) is 11.0. The number of rotatable bonds is 6. The van der Waals surface area contributed by atoms with Crippen LogP contribution < -0.4 is 10.1 Å². The molecule has 0 unspecified atom stereocenters. The van der Waals surface area contributed by atoms with Gasteiger partial charge in [-0.2, -0.15) is 0 Å². The van der Waals surface area contributed by atoms with Crippen molar-refractivity contribution in [2.45, 2.75) is 20.5 Å². The van der Waals surface area contributed by atoms with Crippen LogP contribution in [0.15, 0.2) is 65.4 Å². The molecule has 0 saturated carbocycles. The van der Waals surface area contributed by atoms with E-state index in [0.717, 1.165) is 16.3 Å². The third-order valence-electron chi connectivity index (χ3n) is 5.46. The number of anilines is 1. The minimum Gasteiger partial charge on any atom is -0.488 e. The van der Waals surface area contributed by atoms with E-state index < -0.39 is 11.7 Å². The molecule has 5 aromatic rings. The molecule has 3 aromatic carbocycles. The summed E-state index contributed by atoms with van der Waals surface area (Å²) in [5.41, 5.74) is 2.26. The fourth-order valence-corrected chi connectivity index (χ4v) is 3.59. The van der Waals surface area contributed by atoms with Crippen LogP contribution in [-0.2, 0) is 6.61 Å². The lowest BCUT2D eigenvalue weighted by Gasteiger charge is -2.14. The number of tetrazole rings is 1. The lowest BCUT2D eigenvalue weighted by atomic mass is 10.0. The lowest BCUT2D eigenvalue weighted by molar-refractivity contribution is 0.102. The number of amides is 1. The van der Waals surface area contributed by atoms with E-state index in [-0.39, 0.29) is 17.9 Å². The molecule has 1 N–H and O–H groups in total. The highest BCUT2D eigenvalue weighted by Gasteiger charge is 2.18. The molecule has 34 heavy (non-hydrogen) atoms. The molecule has 1 amide bonds. The number of nitrogens with one attached hydrogen (secondary N) is 1. The molecule has 9 nitrogen and oxygen atoms in total. The van der Waals surface area contributed by atoms with Gasteiger partial charge in [0.05, 0.1) is 28.2 Å². The standard InChI is InChI=1S/C24H19FN6O3/c1-14-20(15(2)34-28-14)12-33-23-10-17-6-4-3-5-16(17)9-19(23)24(32)27-22-11-18(7-8-21(22)25)31-13-26-29-30-31/h3-11,13H,12H2,1-2H3,(H,27,32). The molecular formula is C24H19FN6O3. The van der Waals surface area contributed by atoms with Crippen molar-refractivity contribution in [1.29, 1.82) is 0 Å². The van der Waals surface area contributed by atoms with Crippen LogP contribution in [0.5, 0.6) is 5.75 Å². The average Bonchev–Trinajstić information content (AvgIpc) is 3.49. The zero-order valence-electron chi connectivity index (χ0n) is 18.3. The molecule has 0 radical (unpaired) electrons. The smallest absolute Gasteiger partial charge is 0.259 e. The van der Waals surface area contributed by atoms with Gasteiger partial charge in [0.2, 0.25) is 0 Å². The predicted octanol–water partition coefficient (Wildman–Crippen LogP) is 4.39. The van der Waals surface area contributed by atoms with Crippen LogP contribution in [0.25, 0.3) is 16.5 Å². The maximum absolute atomic E-state index is 14.5. The number of nitrogens with zero attached hydrogens (tertiary/aromatic N) is 5. The minimum atomic E-state index is -0.593. The van der Waals surface area contributed by atoms with E-state index in [1.807, 2.05) is 31.2 Å². The molecule has 0 aliphatic heterocycles. The number of hydrogen-bond donors (Lipinski definition) is 1. The van der Waals surface area contributed by atoms with E-state index >= 15 is 0 Å². The van der Waals surface area contributed by atoms with Gasteiger partial charge >= 0.3 is 0 Å². The van der Waals surface area contributed by atoms with Gasteiger partial charge in [0.15, 0.2) is 0 Å². The molecule has 0 spiro atoms. The molecule has 0 saturated heterocycles. The number of aromatic nitrogens is 5. The highest BCUT2D eigenvalue weighted by molar-refractivity contribution is 6.08. The van der Waals surface area contributed by atoms with Gasteiger partial charge in [-0.05, 0) is 65.4 Å². The van der Waals surface area contributed by atoms with Gasteiger partial charge in [0.1, 0.15) is 30.3 Å². The van der Waals surface area contributed by atoms with Gasteiger partial charge in [0.25, 0.3) is 5.91 Å². The third-order valence-corrected chi connectivity index (χ3v) is 5.46. The maximum atomic E-state index is 14.5. The van der Waals surface area contributed by atoms with Crippen LogP contribution >= 0.6 is 0 Å². The van der Waals surface area contributed by atoms with Crippen molar-refractivity contribution in [2.75, 3.05) is 5.32 Å². The van der Waals surface area contributed by atoms with Crippen molar-refractivity contribution < 1.29 is 18.4 Å². The van der Waals surface area contributed by atoms with Crippen molar-refractivity contribution in [3.8, 4) is 11.4 Å². The monoisotopic (exact) mass is 458 g/mol. The van der Waals surface area contributed by atoms with Crippen molar-refractivity contribution >= 4 is 22.4 Å². The zero-order chi connectivity index (χ0) is 23.7. The summed E-state index contributed by atoms with van der Waals surface area (Å²) in [6.45, 7) is 3.79. The topological polar surface area (TPSA) is 108 Å². The summed E-state index contributed by atoms with van der Waals surface area (Å²) in [7, 11) is 0. The van der Waals surface area contributed by atoms with Gasteiger partial charge in [-0.1, -0.05) is 29.4 Å². The molecule has 2 heterocycles. The number of carbonyl (C=O) groups excluding carboxylic acids is 1. The number of halogens is 1. The van der Waals surface area contributed by atoms with Crippen molar-refractivity contribution in [3.63, 3.8) is 0 Å². The summed E-state index contributed by atoms with van der Waals surface area (Å²) in [6.07, 6.45) is 1.38. The lowest BCUT2D eigenvalue weighted by Crippen LogP contribution is -2.15. The Hall–Kier alpha value is -4.60. The number of carbonyl (C=O) groups is 1. The van der Waals surface area contributed by atoms with Crippen LogP contribution in [0.1, 0.15) is 27.4 Å². The fraction of sp³-hybridized carbons (Fsp3) is 0.125. The van der Waals surface area contributed by atoms with E-state index in [1.54, 1.807) is 19.1 Å². The molecule has 0 fully saturated rings. The van der Waals surface area contributed by atoms with Crippen LogP contribution in [0.2, 0.25) is 0 Å². The highest BCUT2D eigenvalue weighted by atomic mass is 19.1. The molecule has 170 valence electrons. The first-order valence-electron chi connectivity index (χ1n) is 10.4. The molecule has 0 aliphatic carbocycles. The maximum Gasteiger partial charge on any atom is 0.259 e. The van der Waals surface area contributed by atoms with E-state index in [9.17, 15) is 9.18 Å². The number of ether oxygens (including phenoxy) is 1. The van der Waals surface area contributed by atoms with Gasteiger partial charge in [-0.15, -0.1) is 5.10 Å². The Morgan fingerprint density at radius 1 is 1.12 bits per heavy atom. The van der Waals surface area contributed by atoms with Crippen molar-refractivity contribution in [1.82, 2.24) is 25.4 Å². The first-order chi connectivity index (χ1) is 16.5. The number of fused-ring (bicyclic) bond motifs is 1. The van der Waals surface area contributed by atoms with E-state index in [0.29, 0.717) is 22.9 Å². The Bertz CT molecular complexity index is 1480.